The maximum Gasteiger partial charge on any atom is 0.156 e. The molecule has 0 bridgehead atoms. The molecule has 2 aromatic rings. The summed E-state index contributed by atoms with van der Waals surface area (Å²) in [7, 11) is 0. The van der Waals surface area contributed by atoms with Crippen LogP contribution in [0.1, 0.15) is 18.4 Å². The zero-order valence-electron chi connectivity index (χ0n) is 13.5. The topological polar surface area (TPSA) is 62.7 Å². The van der Waals surface area contributed by atoms with Crippen molar-refractivity contribution in [2.45, 2.75) is 25.8 Å². The van der Waals surface area contributed by atoms with Crippen LogP contribution in [0.25, 0.3) is 5.52 Å². The smallest absolute Gasteiger partial charge is 0.156 e. The Bertz CT molecular complexity index is 754. The van der Waals surface area contributed by atoms with Gasteiger partial charge in [-0.3, -0.25) is 5.14 Å². The predicted molar refractivity (Wildman–Crippen MR) is 94.9 cm³/mol. The van der Waals surface area contributed by atoms with E-state index in [-0.39, 0.29) is 6.67 Å². The molecule has 2 fully saturated rings. The molecular weight excluding hydrogens is 351 g/mol. The van der Waals surface area contributed by atoms with Crippen LogP contribution in [0, 0.1) is 12.3 Å². The number of nitrogens with zero attached hydrogens (tertiary/aromatic N) is 5. The molecule has 3 heterocycles. The zero-order valence-corrected chi connectivity index (χ0v) is 15.0. The number of anilines is 1. The van der Waals surface area contributed by atoms with Crippen LogP contribution in [0.5, 0.6) is 0 Å². The third-order valence-corrected chi connectivity index (χ3v) is 6.24. The van der Waals surface area contributed by atoms with Crippen LogP contribution in [0.4, 0.5) is 10.2 Å². The summed E-state index contributed by atoms with van der Waals surface area (Å²) in [5.41, 5.74) is 2.38. The first-order valence-corrected chi connectivity index (χ1v) is 9.21. The Morgan fingerprint density at radius 1 is 1.50 bits per heavy atom. The molecule has 2 aromatic heterocycles. The average molecular weight is 371 g/mol. The molecule has 0 amide bonds. The molecule has 1 saturated carbocycles. The summed E-state index contributed by atoms with van der Waals surface area (Å²) in [5, 5.41) is 10.5. The fraction of sp³-hybridized carbons (Fsp3) is 0.600. The third-order valence-electron chi connectivity index (χ3n) is 5.22. The Labute approximate surface area is 149 Å². The first kappa shape index (κ1) is 16.4. The van der Waals surface area contributed by atoms with E-state index in [0.717, 1.165) is 55.0 Å². The van der Waals surface area contributed by atoms with E-state index in [0.29, 0.717) is 23.2 Å². The van der Waals surface area contributed by atoms with Crippen molar-refractivity contribution in [2.24, 2.45) is 10.6 Å². The molecule has 24 heavy (non-hydrogen) atoms. The van der Waals surface area contributed by atoms with Crippen molar-refractivity contribution in [2.75, 3.05) is 31.2 Å². The number of hydrogen-bond donors (Lipinski definition) is 1. The van der Waals surface area contributed by atoms with Crippen molar-refractivity contribution in [3.63, 3.8) is 0 Å². The summed E-state index contributed by atoms with van der Waals surface area (Å²) in [4.78, 5) is 6.76. The van der Waals surface area contributed by atoms with Gasteiger partial charge in [0.05, 0.1) is 0 Å². The SMILES string of the molecule is Cc1cc(Cl)n2ncnc(N3CC4(CC(N(CCF)SN)C4)C3)c12. The second-order valence-corrected chi connectivity index (χ2v) is 7.91. The van der Waals surface area contributed by atoms with Gasteiger partial charge in [-0.2, -0.15) is 5.10 Å². The standard InChI is InChI=1S/C15H20ClFN6S/c1-10-4-12(16)23-13(10)14(19-9-20-23)21-7-15(8-21)5-11(6-15)22(24-18)3-2-17/h4,9,11H,2-3,5-8,18H2,1H3. The lowest BCUT2D eigenvalue weighted by Gasteiger charge is -2.60. The van der Waals surface area contributed by atoms with E-state index in [4.69, 9.17) is 16.7 Å². The van der Waals surface area contributed by atoms with Gasteiger partial charge in [-0.15, -0.1) is 0 Å². The van der Waals surface area contributed by atoms with Crippen LogP contribution in [-0.4, -0.2) is 51.3 Å². The first-order valence-electron chi connectivity index (χ1n) is 8.00. The Hall–Kier alpha value is -1.09. The first-order chi connectivity index (χ1) is 11.6. The summed E-state index contributed by atoms with van der Waals surface area (Å²) < 4.78 is 16.3. The van der Waals surface area contributed by atoms with Gasteiger partial charge in [-0.1, -0.05) is 11.6 Å². The van der Waals surface area contributed by atoms with Gasteiger partial charge in [0.25, 0.3) is 0 Å². The van der Waals surface area contributed by atoms with Gasteiger partial charge in [0.1, 0.15) is 23.7 Å². The lowest BCUT2D eigenvalue weighted by Crippen LogP contribution is -2.66. The molecule has 2 N–H and O–H groups in total. The van der Waals surface area contributed by atoms with Crippen molar-refractivity contribution in [1.29, 1.82) is 0 Å². The minimum absolute atomic E-state index is 0.321. The van der Waals surface area contributed by atoms with Gasteiger partial charge in [0.2, 0.25) is 0 Å². The Morgan fingerprint density at radius 2 is 2.25 bits per heavy atom. The molecule has 1 aliphatic heterocycles. The number of fused-ring (bicyclic) bond motifs is 1. The van der Waals surface area contributed by atoms with E-state index >= 15 is 0 Å². The van der Waals surface area contributed by atoms with E-state index < -0.39 is 0 Å². The number of aryl methyl sites for hydroxylation is 1. The minimum atomic E-state index is -0.354. The summed E-state index contributed by atoms with van der Waals surface area (Å²) in [6, 6.07) is 2.30. The molecule has 4 rings (SSSR count). The molecule has 1 aliphatic carbocycles. The molecule has 0 radical (unpaired) electrons. The highest BCUT2D eigenvalue weighted by Crippen LogP contribution is 2.52. The van der Waals surface area contributed by atoms with Crippen LogP contribution in [0.2, 0.25) is 5.15 Å². The average Bonchev–Trinajstić information content (AvgIpc) is 2.79. The van der Waals surface area contributed by atoms with Crippen LogP contribution < -0.4 is 10.0 Å². The fourth-order valence-electron chi connectivity index (χ4n) is 4.11. The van der Waals surface area contributed by atoms with E-state index in [2.05, 4.69) is 15.0 Å². The predicted octanol–water partition coefficient (Wildman–Crippen LogP) is 2.45. The molecule has 0 atom stereocenters. The quantitative estimate of drug-likeness (QED) is 0.816. The van der Waals surface area contributed by atoms with Crippen molar-refractivity contribution in [3.05, 3.63) is 23.1 Å². The number of hydrogen-bond acceptors (Lipinski definition) is 6. The number of halogens is 2. The highest BCUT2D eigenvalue weighted by molar-refractivity contribution is 7.94. The summed E-state index contributed by atoms with van der Waals surface area (Å²) >= 11 is 7.37. The van der Waals surface area contributed by atoms with Crippen molar-refractivity contribution in [3.8, 4) is 0 Å². The molecule has 9 heteroatoms. The number of alkyl halides is 1. The lowest BCUT2D eigenvalue weighted by molar-refractivity contribution is 0.0157. The number of rotatable bonds is 5. The van der Waals surface area contributed by atoms with Crippen LogP contribution in [-0.2, 0) is 0 Å². The molecule has 1 saturated heterocycles. The molecule has 0 aromatic carbocycles. The monoisotopic (exact) mass is 370 g/mol. The minimum Gasteiger partial charge on any atom is -0.354 e. The van der Waals surface area contributed by atoms with E-state index in [9.17, 15) is 4.39 Å². The van der Waals surface area contributed by atoms with Crippen LogP contribution in [0.3, 0.4) is 0 Å². The Balaban J connectivity index is 1.46. The Kier molecular flexibility index (Phi) is 4.11. The van der Waals surface area contributed by atoms with Crippen molar-refractivity contribution < 1.29 is 4.39 Å². The summed E-state index contributed by atoms with van der Waals surface area (Å²) in [6.07, 6.45) is 3.68. The van der Waals surface area contributed by atoms with Crippen LogP contribution >= 0.6 is 23.7 Å². The Morgan fingerprint density at radius 3 is 2.92 bits per heavy atom. The van der Waals surface area contributed by atoms with Gasteiger partial charge < -0.3 is 4.90 Å². The second kappa shape index (κ2) is 6.01. The largest absolute Gasteiger partial charge is 0.354 e. The van der Waals surface area contributed by atoms with Crippen LogP contribution in [0.15, 0.2) is 12.4 Å². The molecule has 0 unspecified atom stereocenters. The molecule has 1 spiro atoms. The van der Waals surface area contributed by atoms with Crippen molar-refractivity contribution in [1.82, 2.24) is 18.9 Å². The van der Waals surface area contributed by atoms with Gasteiger partial charge in [-0.05, 0) is 31.4 Å². The third kappa shape index (κ3) is 2.47. The van der Waals surface area contributed by atoms with E-state index in [1.807, 2.05) is 17.3 Å². The van der Waals surface area contributed by atoms with Gasteiger partial charge >= 0.3 is 0 Å². The maximum atomic E-state index is 12.6. The molecule has 2 aliphatic rings. The van der Waals surface area contributed by atoms with Crippen molar-refractivity contribution >= 4 is 35.1 Å². The zero-order chi connectivity index (χ0) is 16.9. The van der Waals surface area contributed by atoms with Gasteiger partial charge in [0, 0.05) is 43.2 Å². The lowest BCUT2D eigenvalue weighted by atomic mass is 9.60. The summed E-state index contributed by atoms with van der Waals surface area (Å²) in [5.74, 6) is 0.942. The van der Waals surface area contributed by atoms with Gasteiger partial charge in [-0.25, -0.2) is 18.2 Å². The van der Waals surface area contributed by atoms with E-state index in [1.54, 1.807) is 10.8 Å². The second-order valence-electron chi connectivity index (χ2n) is 6.85. The molecule has 130 valence electrons. The molecular formula is C15H20ClFN6S. The maximum absolute atomic E-state index is 12.6. The highest BCUT2D eigenvalue weighted by Gasteiger charge is 2.54. The number of nitrogens with two attached hydrogens (primary N) is 1. The highest BCUT2D eigenvalue weighted by atomic mass is 35.5. The van der Waals surface area contributed by atoms with Gasteiger partial charge in [0.15, 0.2) is 5.82 Å². The molecule has 6 nitrogen and oxygen atoms in total. The fourth-order valence-corrected chi connectivity index (χ4v) is 4.90. The normalized spacial score (nSPS) is 20.0. The number of aromatic nitrogens is 3. The summed E-state index contributed by atoms with van der Waals surface area (Å²) in [6.45, 7) is 4.01. The van der Waals surface area contributed by atoms with E-state index in [1.165, 1.54) is 0 Å².